The third kappa shape index (κ3) is 13.8. The van der Waals surface area contributed by atoms with E-state index in [9.17, 15) is 15.3 Å². The van der Waals surface area contributed by atoms with E-state index in [-0.39, 0.29) is 35.5 Å². The quantitative estimate of drug-likeness (QED) is 0.0680. The van der Waals surface area contributed by atoms with Gasteiger partial charge >= 0.3 is 0 Å². The number of hydrogen-bond donors (Lipinski definition) is 4. The Balaban J connectivity index is 0.000000207. The maximum absolute atomic E-state index is 9.71. The van der Waals surface area contributed by atoms with E-state index in [0.717, 1.165) is 49.7 Å². The van der Waals surface area contributed by atoms with Gasteiger partial charge in [-0.05, 0) is 46.5 Å². The number of alkyl halides is 2. The van der Waals surface area contributed by atoms with Crippen molar-refractivity contribution in [3.8, 4) is 11.5 Å². The van der Waals surface area contributed by atoms with E-state index in [1.807, 2.05) is 48.5 Å². The van der Waals surface area contributed by atoms with Gasteiger partial charge in [-0.3, -0.25) is 9.80 Å². The summed E-state index contributed by atoms with van der Waals surface area (Å²) < 4.78 is 0. The number of hydrogen-bond acceptors (Lipinski definition) is 7. The largest absolute Gasteiger partial charge is 0.508 e. The van der Waals surface area contributed by atoms with E-state index in [1.165, 1.54) is 22.8 Å². The number of aliphatic hydroxyl groups is 1. The molecule has 1 aliphatic rings. The number of anilines is 2. The molecule has 1 aliphatic heterocycles. The monoisotopic (exact) mass is 858 g/mol. The molecule has 7 nitrogen and oxygen atoms in total. The van der Waals surface area contributed by atoms with Gasteiger partial charge in [0.1, 0.15) is 11.5 Å². The lowest BCUT2D eigenvalue weighted by molar-refractivity contribution is 0.185. The fourth-order valence-corrected chi connectivity index (χ4v) is 7.52. The number of rotatable bonds is 13. The molecule has 6 aromatic rings. The minimum absolute atomic E-state index is 0.0292. The standard InChI is InChI=1S/C23H25ClN2O2.C23H23ClN2O.CH2Cl2/c24-21-15-20(28)11-12-22(21)25-23(19-9-5-2-6-10-19)17-26(13-14-27)16-18-7-3-1-4-8-18;24-21-15-20(27)11-12-22(21)26-14-13-25(16-18-7-3-1-4-8-18)17-23(26)19-9-5-2-6-10-19;2-1-3/h1-12,15,23,25,27-28H,13-14,16-17H2;1-12,15,23,27H,13-14,16-17H2;1H2/t2*23-;/m00./s1. The minimum Gasteiger partial charge on any atom is -0.508 e. The van der Waals surface area contributed by atoms with Gasteiger partial charge in [0.15, 0.2) is 0 Å². The maximum atomic E-state index is 9.71. The van der Waals surface area contributed by atoms with Crippen molar-refractivity contribution in [2.24, 2.45) is 0 Å². The Morgan fingerprint density at radius 1 is 0.672 bits per heavy atom. The van der Waals surface area contributed by atoms with Crippen LogP contribution in [0.4, 0.5) is 11.4 Å². The molecule has 0 amide bonds. The maximum Gasteiger partial charge on any atom is 0.117 e. The van der Waals surface area contributed by atoms with Gasteiger partial charge in [0, 0.05) is 57.9 Å². The number of aliphatic hydroxyl groups excluding tert-OH is 1. The molecule has 0 aromatic heterocycles. The molecule has 0 saturated carbocycles. The average Bonchev–Trinajstić information content (AvgIpc) is 3.24. The fraction of sp³-hybridized carbons (Fsp3) is 0.234. The molecular weight excluding hydrogens is 810 g/mol. The lowest BCUT2D eigenvalue weighted by Gasteiger charge is -2.43. The molecule has 11 heteroatoms. The van der Waals surface area contributed by atoms with E-state index >= 15 is 0 Å². The lowest BCUT2D eigenvalue weighted by atomic mass is 10.0. The zero-order valence-electron chi connectivity index (χ0n) is 32.2. The molecule has 58 heavy (non-hydrogen) atoms. The molecule has 0 radical (unpaired) electrons. The molecule has 0 aliphatic carbocycles. The van der Waals surface area contributed by atoms with Crippen molar-refractivity contribution in [2.45, 2.75) is 25.2 Å². The zero-order chi connectivity index (χ0) is 41.1. The smallest absolute Gasteiger partial charge is 0.117 e. The van der Waals surface area contributed by atoms with Crippen LogP contribution in [0.5, 0.6) is 11.5 Å². The van der Waals surface area contributed by atoms with E-state index in [2.05, 4.69) is 98.9 Å². The van der Waals surface area contributed by atoms with Gasteiger partial charge in [-0.25, -0.2) is 0 Å². The van der Waals surface area contributed by atoms with Gasteiger partial charge < -0.3 is 25.5 Å². The van der Waals surface area contributed by atoms with Crippen LogP contribution in [-0.4, -0.2) is 69.8 Å². The summed E-state index contributed by atoms with van der Waals surface area (Å²) in [5.41, 5.74) is 6.67. The molecule has 4 N–H and O–H groups in total. The molecule has 1 saturated heterocycles. The summed E-state index contributed by atoms with van der Waals surface area (Å²) >= 11 is 22.3. The summed E-state index contributed by atoms with van der Waals surface area (Å²) in [6.45, 7) is 5.83. The molecule has 6 aromatic carbocycles. The molecular formula is C47H50Cl4N4O3. The normalized spacial score (nSPS) is 14.4. The van der Waals surface area contributed by atoms with Gasteiger partial charge in [-0.15, -0.1) is 23.2 Å². The van der Waals surface area contributed by atoms with Crippen LogP contribution in [0.3, 0.4) is 0 Å². The first kappa shape index (κ1) is 44.7. The Morgan fingerprint density at radius 2 is 1.22 bits per heavy atom. The van der Waals surface area contributed by atoms with Crippen molar-refractivity contribution >= 4 is 57.8 Å². The molecule has 1 heterocycles. The second-order valence-corrected chi connectivity index (χ2v) is 15.4. The molecule has 0 unspecified atom stereocenters. The Hall–Kier alpha value is -4.44. The Bertz CT molecular complexity index is 2070. The summed E-state index contributed by atoms with van der Waals surface area (Å²) in [5.74, 6) is 0.334. The predicted molar refractivity (Wildman–Crippen MR) is 243 cm³/mol. The van der Waals surface area contributed by atoms with E-state index in [0.29, 0.717) is 23.1 Å². The Morgan fingerprint density at radius 3 is 1.81 bits per heavy atom. The SMILES string of the molecule is ClCCl.OCCN(Cc1ccccc1)C[C@H](Nc1ccc(O)cc1Cl)c1ccccc1.Oc1ccc(N2CCN(Cc3ccccc3)C[C@H]2c2ccccc2)c(Cl)c1. The summed E-state index contributed by atoms with van der Waals surface area (Å²) in [6, 6.07) is 51.9. The zero-order valence-corrected chi connectivity index (χ0v) is 35.2. The summed E-state index contributed by atoms with van der Waals surface area (Å²) in [7, 11) is 0. The van der Waals surface area contributed by atoms with E-state index < -0.39 is 0 Å². The molecule has 1 fully saturated rings. The van der Waals surface area contributed by atoms with Gasteiger partial charge in [-0.1, -0.05) is 145 Å². The van der Waals surface area contributed by atoms with Crippen molar-refractivity contribution in [3.05, 3.63) is 190 Å². The predicted octanol–water partition coefficient (Wildman–Crippen LogP) is 11.2. The van der Waals surface area contributed by atoms with Crippen molar-refractivity contribution in [3.63, 3.8) is 0 Å². The number of phenolic OH excluding ortho intramolecular Hbond substituents is 2. The number of phenols is 2. The fourth-order valence-electron chi connectivity index (χ4n) is 7.01. The van der Waals surface area contributed by atoms with Crippen LogP contribution >= 0.6 is 46.4 Å². The van der Waals surface area contributed by atoms with Crippen LogP contribution in [0.1, 0.15) is 34.3 Å². The molecule has 0 bridgehead atoms. The van der Waals surface area contributed by atoms with Crippen LogP contribution in [0.2, 0.25) is 10.0 Å². The van der Waals surface area contributed by atoms with E-state index in [1.54, 1.807) is 24.3 Å². The highest BCUT2D eigenvalue weighted by Gasteiger charge is 2.29. The molecule has 0 spiro atoms. The Kier molecular flexibility index (Phi) is 18.4. The molecule has 7 rings (SSSR count). The third-order valence-corrected chi connectivity index (χ3v) is 10.3. The average molecular weight is 861 g/mol. The summed E-state index contributed by atoms with van der Waals surface area (Å²) in [5, 5.41) is 33.6. The lowest BCUT2D eigenvalue weighted by Crippen LogP contribution is -2.48. The summed E-state index contributed by atoms with van der Waals surface area (Å²) in [6.07, 6.45) is 0. The first-order chi connectivity index (χ1) is 28.3. The molecule has 304 valence electrons. The van der Waals surface area contributed by atoms with Crippen molar-refractivity contribution < 1.29 is 15.3 Å². The van der Waals surface area contributed by atoms with Crippen LogP contribution < -0.4 is 10.2 Å². The highest BCUT2D eigenvalue weighted by molar-refractivity contribution is 6.40. The van der Waals surface area contributed by atoms with Crippen LogP contribution in [0, 0.1) is 0 Å². The number of halogens is 4. The van der Waals surface area contributed by atoms with Crippen LogP contribution in [0.25, 0.3) is 0 Å². The number of nitrogens with one attached hydrogen (secondary N) is 1. The number of benzene rings is 6. The van der Waals surface area contributed by atoms with Gasteiger partial charge in [-0.2, -0.15) is 0 Å². The van der Waals surface area contributed by atoms with Crippen molar-refractivity contribution in [1.29, 1.82) is 0 Å². The number of aromatic hydroxyl groups is 2. The second-order valence-electron chi connectivity index (χ2n) is 13.8. The van der Waals surface area contributed by atoms with Crippen LogP contribution in [-0.2, 0) is 13.1 Å². The summed E-state index contributed by atoms with van der Waals surface area (Å²) in [4.78, 5) is 7.07. The van der Waals surface area contributed by atoms with E-state index in [4.69, 9.17) is 46.4 Å². The first-order valence-electron chi connectivity index (χ1n) is 19.1. The number of nitrogens with zero attached hydrogens (tertiary/aromatic N) is 3. The number of piperazine rings is 1. The van der Waals surface area contributed by atoms with Gasteiger partial charge in [0.05, 0.1) is 45.4 Å². The van der Waals surface area contributed by atoms with Crippen molar-refractivity contribution in [1.82, 2.24) is 9.80 Å². The van der Waals surface area contributed by atoms with Gasteiger partial charge in [0.2, 0.25) is 0 Å². The molecule has 2 atom stereocenters. The minimum atomic E-state index is -0.0292. The topological polar surface area (TPSA) is 82.4 Å². The highest BCUT2D eigenvalue weighted by Crippen LogP contribution is 2.37. The van der Waals surface area contributed by atoms with Crippen LogP contribution in [0.15, 0.2) is 158 Å². The highest BCUT2D eigenvalue weighted by atomic mass is 35.5. The second kappa shape index (κ2) is 23.8. The Labute approximate surface area is 362 Å². The first-order valence-corrected chi connectivity index (χ1v) is 21.0. The van der Waals surface area contributed by atoms with Crippen molar-refractivity contribution in [2.75, 3.05) is 54.9 Å². The third-order valence-electron chi connectivity index (χ3n) is 9.73. The van der Waals surface area contributed by atoms with Gasteiger partial charge in [0.25, 0.3) is 0 Å².